The van der Waals surface area contributed by atoms with Crippen molar-refractivity contribution in [1.82, 2.24) is 19.9 Å². The summed E-state index contributed by atoms with van der Waals surface area (Å²) < 4.78 is 37.0. The molecular formula is C26H23F2N7O2S. The minimum Gasteiger partial charge on any atom is -0.392 e. The third-order valence-electron chi connectivity index (χ3n) is 7.89. The highest BCUT2D eigenvalue weighted by Crippen LogP contribution is 2.45. The quantitative estimate of drug-likeness (QED) is 0.407. The number of hydrogen-bond donors (Lipinski definition) is 2. The highest BCUT2D eigenvalue weighted by molar-refractivity contribution is 7.23. The Bertz CT molecular complexity index is 1670. The normalized spacial score (nSPS) is 21.6. The van der Waals surface area contributed by atoms with Gasteiger partial charge in [-0.3, -0.25) is 9.88 Å². The number of β-amino-alcohol motifs (C(OH)–C–C–N with tert-alkyl or cyclic N) is 1. The van der Waals surface area contributed by atoms with Crippen LogP contribution in [-0.4, -0.2) is 63.3 Å². The van der Waals surface area contributed by atoms with Gasteiger partial charge in [0.25, 0.3) is 0 Å². The van der Waals surface area contributed by atoms with Gasteiger partial charge in [-0.2, -0.15) is 5.26 Å². The third-order valence-corrected chi connectivity index (χ3v) is 8.92. The van der Waals surface area contributed by atoms with Gasteiger partial charge < -0.3 is 20.5 Å². The monoisotopic (exact) mass is 535 g/mol. The van der Waals surface area contributed by atoms with Gasteiger partial charge in [0, 0.05) is 54.8 Å². The number of pyridine rings is 1. The molecule has 0 bridgehead atoms. The van der Waals surface area contributed by atoms with E-state index in [0.717, 1.165) is 49.0 Å². The highest BCUT2D eigenvalue weighted by atomic mass is 32.1. The fraction of sp³-hybridized carbons (Fsp3) is 0.385. The summed E-state index contributed by atoms with van der Waals surface area (Å²) in [6.45, 7) is 3.35. The SMILES string of the molecule is N#Cc1c(N)sc2c(F)cnc(-c3c4c(c5cnc(N6CC[C@@H](N7CC[C@H](O)C7)C6)nc5c3F)COC4)c12. The van der Waals surface area contributed by atoms with Crippen LogP contribution in [0, 0.1) is 23.0 Å². The zero-order valence-corrected chi connectivity index (χ0v) is 21.1. The number of thiophene rings is 1. The smallest absolute Gasteiger partial charge is 0.226 e. The average Bonchev–Trinajstić information content (AvgIpc) is 3.71. The maximum Gasteiger partial charge on any atom is 0.226 e. The first-order valence-electron chi connectivity index (χ1n) is 12.5. The standard InChI is InChI=1S/C26H23F2N7O2S/c27-18-7-31-23(20-14(5-29)25(30)38-24(18)20)19-17-11-37-10-16(17)15-6-32-26(33-22(15)21(19)28)35-3-1-12(8-35)34-4-2-13(36)9-34/h6-7,12-13,36H,1-4,8-11,30H2/t12-,13+/m1/s1. The lowest BCUT2D eigenvalue weighted by Crippen LogP contribution is -2.36. The molecule has 0 radical (unpaired) electrons. The molecule has 9 nitrogen and oxygen atoms in total. The summed E-state index contributed by atoms with van der Waals surface area (Å²) in [5, 5.41) is 20.6. The van der Waals surface area contributed by atoms with Crippen LogP contribution in [0.2, 0.25) is 0 Å². The van der Waals surface area contributed by atoms with Crippen molar-refractivity contribution in [2.24, 2.45) is 0 Å². The molecule has 0 aliphatic carbocycles. The Balaban J connectivity index is 1.37. The number of anilines is 2. The lowest BCUT2D eigenvalue weighted by atomic mass is 9.94. The summed E-state index contributed by atoms with van der Waals surface area (Å²) in [5.74, 6) is -0.798. The van der Waals surface area contributed by atoms with Crippen molar-refractivity contribution < 1.29 is 18.6 Å². The first-order chi connectivity index (χ1) is 18.4. The fourth-order valence-corrected chi connectivity index (χ4v) is 6.93. The second-order valence-corrected chi connectivity index (χ2v) is 11.1. The van der Waals surface area contributed by atoms with Crippen molar-refractivity contribution in [2.75, 3.05) is 36.8 Å². The Morgan fingerprint density at radius 1 is 1.13 bits per heavy atom. The molecule has 2 atom stereocenters. The summed E-state index contributed by atoms with van der Waals surface area (Å²) in [7, 11) is 0. The molecule has 1 aromatic carbocycles. The minimum absolute atomic E-state index is 0.0812. The van der Waals surface area contributed by atoms with Crippen molar-refractivity contribution >= 4 is 43.3 Å². The molecule has 4 aromatic rings. The van der Waals surface area contributed by atoms with Gasteiger partial charge in [-0.1, -0.05) is 0 Å². The summed E-state index contributed by atoms with van der Waals surface area (Å²) in [6, 6.07) is 2.31. The van der Waals surface area contributed by atoms with E-state index in [1.54, 1.807) is 6.20 Å². The fourth-order valence-electron chi connectivity index (χ4n) is 6.01. The number of nitrogens with zero attached hydrogens (tertiary/aromatic N) is 6. The number of likely N-dealkylation sites (tertiary alicyclic amines) is 1. The topological polar surface area (TPSA) is 124 Å². The molecule has 7 rings (SSSR count). The van der Waals surface area contributed by atoms with Crippen LogP contribution in [0.4, 0.5) is 19.7 Å². The predicted molar refractivity (Wildman–Crippen MR) is 139 cm³/mol. The summed E-state index contributed by atoms with van der Waals surface area (Å²) >= 11 is 0.946. The van der Waals surface area contributed by atoms with Gasteiger partial charge in [0.1, 0.15) is 16.6 Å². The van der Waals surface area contributed by atoms with E-state index in [-0.39, 0.29) is 62.8 Å². The highest BCUT2D eigenvalue weighted by Gasteiger charge is 2.34. The Morgan fingerprint density at radius 3 is 2.76 bits per heavy atom. The number of rotatable bonds is 3. The van der Waals surface area contributed by atoms with E-state index in [9.17, 15) is 14.8 Å². The number of halogens is 2. The number of fused-ring (bicyclic) bond motifs is 4. The van der Waals surface area contributed by atoms with Crippen LogP contribution in [0.25, 0.3) is 32.2 Å². The third kappa shape index (κ3) is 3.46. The molecule has 0 saturated carbocycles. The van der Waals surface area contributed by atoms with Gasteiger partial charge in [-0.15, -0.1) is 11.3 Å². The molecule has 3 aliphatic heterocycles. The Hall–Kier alpha value is -3.50. The van der Waals surface area contributed by atoms with Crippen LogP contribution in [0.3, 0.4) is 0 Å². The van der Waals surface area contributed by atoms with Crippen molar-refractivity contribution in [3.63, 3.8) is 0 Å². The van der Waals surface area contributed by atoms with Crippen LogP contribution in [-0.2, 0) is 18.0 Å². The minimum atomic E-state index is -0.616. The molecule has 0 amide bonds. The molecule has 38 heavy (non-hydrogen) atoms. The number of nitriles is 1. The number of nitrogen functional groups attached to an aromatic ring is 1. The van der Waals surface area contributed by atoms with Crippen molar-refractivity contribution in [3.05, 3.63) is 40.7 Å². The lowest BCUT2D eigenvalue weighted by molar-refractivity contribution is 0.135. The number of hydrogen-bond acceptors (Lipinski definition) is 10. The molecule has 3 aromatic heterocycles. The molecular weight excluding hydrogens is 512 g/mol. The molecule has 0 spiro atoms. The van der Waals surface area contributed by atoms with Crippen molar-refractivity contribution in [1.29, 1.82) is 5.26 Å². The van der Waals surface area contributed by atoms with Crippen LogP contribution in [0.5, 0.6) is 0 Å². The number of aliphatic hydroxyl groups excluding tert-OH is 1. The number of benzene rings is 1. The van der Waals surface area contributed by atoms with Crippen LogP contribution in [0.15, 0.2) is 12.4 Å². The molecule has 6 heterocycles. The summed E-state index contributed by atoms with van der Waals surface area (Å²) in [5.41, 5.74) is 7.89. The lowest BCUT2D eigenvalue weighted by Gasteiger charge is -2.24. The van der Waals surface area contributed by atoms with Crippen LogP contribution < -0.4 is 10.6 Å². The van der Waals surface area contributed by atoms with E-state index in [2.05, 4.69) is 19.9 Å². The summed E-state index contributed by atoms with van der Waals surface area (Å²) in [4.78, 5) is 17.8. The van der Waals surface area contributed by atoms with E-state index in [1.165, 1.54) is 0 Å². The first-order valence-corrected chi connectivity index (χ1v) is 13.3. The zero-order chi connectivity index (χ0) is 26.1. The Labute approximate surface area is 220 Å². The van der Waals surface area contributed by atoms with E-state index in [0.29, 0.717) is 30.0 Å². The maximum absolute atomic E-state index is 16.5. The van der Waals surface area contributed by atoms with Crippen molar-refractivity contribution in [3.8, 4) is 17.3 Å². The van der Waals surface area contributed by atoms with Gasteiger partial charge in [0.2, 0.25) is 5.95 Å². The van der Waals surface area contributed by atoms with Gasteiger partial charge in [-0.25, -0.2) is 18.7 Å². The van der Waals surface area contributed by atoms with E-state index in [4.69, 9.17) is 10.5 Å². The Kier molecular flexibility index (Phi) is 5.45. The molecule has 2 fully saturated rings. The predicted octanol–water partition coefficient (Wildman–Crippen LogP) is 3.31. The molecule has 0 unspecified atom stereocenters. The number of aromatic nitrogens is 3. The molecule has 3 N–H and O–H groups in total. The van der Waals surface area contributed by atoms with E-state index in [1.807, 2.05) is 11.0 Å². The van der Waals surface area contributed by atoms with Crippen molar-refractivity contribution in [2.45, 2.75) is 38.2 Å². The molecule has 12 heteroatoms. The van der Waals surface area contributed by atoms with E-state index >= 15 is 4.39 Å². The summed E-state index contributed by atoms with van der Waals surface area (Å²) in [6.07, 6.45) is 4.07. The number of ether oxygens (including phenoxy) is 1. The molecule has 2 saturated heterocycles. The number of nitrogens with two attached hydrogens (primary N) is 1. The molecule has 3 aliphatic rings. The number of aliphatic hydroxyl groups is 1. The average molecular weight is 536 g/mol. The second-order valence-electron chi connectivity index (χ2n) is 10.0. The first kappa shape index (κ1) is 23.6. The van der Waals surface area contributed by atoms with Gasteiger partial charge in [0.05, 0.1) is 41.5 Å². The van der Waals surface area contributed by atoms with Crippen LogP contribution >= 0.6 is 11.3 Å². The van der Waals surface area contributed by atoms with Gasteiger partial charge in [0.15, 0.2) is 11.6 Å². The maximum atomic E-state index is 16.5. The van der Waals surface area contributed by atoms with E-state index < -0.39 is 11.6 Å². The zero-order valence-electron chi connectivity index (χ0n) is 20.2. The van der Waals surface area contributed by atoms with Gasteiger partial charge in [-0.05, 0) is 24.0 Å². The van der Waals surface area contributed by atoms with Gasteiger partial charge >= 0.3 is 0 Å². The largest absolute Gasteiger partial charge is 0.392 e. The second kappa shape index (κ2) is 8.78. The van der Waals surface area contributed by atoms with Crippen LogP contribution in [0.1, 0.15) is 29.5 Å². The Morgan fingerprint density at radius 2 is 1.97 bits per heavy atom. The molecule has 194 valence electrons.